The smallest absolute Gasteiger partial charge is 0.242 e. The number of benzene rings is 2. The number of hydrogen-bond acceptors (Lipinski definition) is 3. The quantitative estimate of drug-likeness (QED) is 0.544. The first kappa shape index (κ1) is 24.3. The van der Waals surface area contributed by atoms with Gasteiger partial charge in [-0.05, 0) is 44.4 Å². The molecule has 0 heterocycles. The molecule has 30 heavy (non-hydrogen) atoms. The van der Waals surface area contributed by atoms with Gasteiger partial charge in [0.2, 0.25) is 11.8 Å². The summed E-state index contributed by atoms with van der Waals surface area (Å²) in [6, 6.07) is 15.2. The van der Waals surface area contributed by atoms with E-state index >= 15 is 0 Å². The highest BCUT2D eigenvalue weighted by atomic mass is 35.5. The van der Waals surface area contributed by atoms with Gasteiger partial charge in [-0.25, -0.2) is 0 Å². The molecular formula is C24H31ClN2O2S. The van der Waals surface area contributed by atoms with Gasteiger partial charge in [0.25, 0.3) is 0 Å². The van der Waals surface area contributed by atoms with E-state index in [0.29, 0.717) is 17.3 Å². The minimum Gasteiger partial charge on any atom is -0.352 e. The van der Waals surface area contributed by atoms with E-state index in [1.807, 2.05) is 32.0 Å². The Labute approximate surface area is 189 Å². The minimum atomic E-state index is -0.581. The average Bonchev–Trinajstić information content (AvgIpc) is 2.73. The Hall–Kier alpha value is -1.98. The Balaban J connectivity index is 2.08. The molecule has 0 aliphatic rings. The second kappa shape index (κ2) is 12.0. The number of halogens is 1. The molecule has 0 aliphatic carbocycles. The van der Waals surface area contributed by atoms with E-state index in [2.05, 4.69) is 36.5 Å². The lowest BCUT2D eigenvalue weighted by molar-refractivity contribution is -0.138. The third-order valence-corrected chi connectivity index (χ3v) is 6.44. The lowest BCUT2D eigenvalue weighted by Gasteiger charge is -2.30. The maximum Gasteiger partial charge on any atom is 0.242 e. The van der Waals surface area contributed by atoms with Crippen LogP contribution in [0.4, 0.5) is 0 Å². The molecule has 2 aromatic carbocycles. The number of rotatable bonds is 10. The Kier molecular flexibility index (Phi) is 9.73. The second-order valence-corrected chi connectivity index (χ2v) is 8.98. The molecule has 0 saturated carbocycles. The standard InChI is InChI=1S/C24H31ClN2O2S/c1-5-18(3)26-24(29)19(4)27(14-21-8-6-7-9-22(21)25)23(28)16-30-15-20-12-10-17(2)11-13-20/h6-13,18-19H,5,14-16H2,1-4H3,(H,26,29)/t18-,19-/m1/s1. The number of hydrogen-bond donors (Lipinski definition) is 1. The molecule has 1 N–H and O–H groups in total. The fourth-order valence-corrected chi connectivity index (χ4v) is 3.95. The van der Waals surface area contributed by atoms with Gasteiger partial charge in [-0.15, -0.1) is 11.8 Å². The second-order valence-electron chi connectivity index (χ2n) is 7.59. The predicted molar refractivity (Wildman–Crippen MR) is 127 cm³/mol. The van der Waals surface area contributed by atoms with Gasteiger partial charge in [0, 0.05) is 23.4 Å². The third-order valence-electron chi connectivity index (χ3n) is 5.08. The van der Waals surface area contributed by atoms with Crippen LogP contribution in [0.3, 0.4) is 0 Å². The summed E-state index contributed by atoms with van der Waals surface area (Å²) < 4.78 is 0. The van der Waals surface area contributed by atoms with Crippen molar-refractivity contribution >= 4 is 35.2 Å². The van der Waals surface area contributed by atoms with Crippen LogP contribution >= 0.6 is 23.4 Å². The summed E-state index contributed by atoms with van der Waals surface area (Å²) in [5.74, 6) is 0.839. The van der Waals surface area contributed by atoms with Crippen LogP contribution in [-0.2, 0) is 21.9 Å². The normalized spacial score (nSPS) is 12.8. The van der Waals surface area contributed by atoms with Gasteiger partial charge in [0.05, 0.1) is 5.75 Å². The maximum atomic E-state index is 13.1. The molecule has 0 bridgehead atoms. The first-order valence-electron chi connectivity index (χ1n) is 10.3. The predicted octanol–water partition coefficient (Wildman–Crippen LogP) is 5.21. The number of aryl methyl sites for hydroxylation is 1. The van der Waals surface area contributed by atoms with E-state index < -0.39 is 6.04 Å². The molecule has 4 nitrogen and oxygen atoms in total. The molecule has 2 atom stereocenters. The zero-order valence-corrected chi connectivity index (χ0v) is 19.7. The van der Waals surface area contributed by atoms with E-state index in [4.69, 9.17) is 11.6 Å². The molecule has 0 fully saturated rings. The Morgan fingerprint density at radius 1 is 1.10 bits per heavy atom. The molecular weight excluding hydrogens is 416 g/mol. The molecule has 2 aromatic rings. The summed E-state index contributed by atoms with van der Waals surface area (Å²) in [6.45, 7) is 8.11. The van der Waals surface area contributed by atoms with Crippen LogP contribution in [0.1, 0.15) is 43.9 Å². The highest BCUT2D eigenvalue weighted by molar-refractivity contribution is 7.99. The van der Waals surface area contributed by atoms with Crippen molar-refractivity contribution in [1.82, 2.24) is 10.2 Å². The van der Waals surface area contributed by atoms with Gasteiger partial charge >= 0.3 is 0 Å². The van der Waals surface area contributed by atoms with Crippen molar-refractivity contribution in [2.75, 3.05) is 5.75 Å². The van der Waals surface area contributed by atoms with Crippen LogP contribution in [0.2, 0.25) is 5.02 Å². The topological polar surface area (TPSA) is 49.4 Å². The minimum absolute atomic E-state index is 0.0631. The zero-order chi connectivity index (χ0) is 22.1. The zero-order valence-electron chi connectivity index (χ0n) is 18.2. The number of nitrogens with one attached hydrogen (secondary N) is 1. The summed E-state index contributed by atoms with van der Waals surface area (Å²) in [6.07, 6.45) is 0.837. The SMILES string of the molecule is CC[C@@H](C)NC(=O)[C@@H](C)N(Cc1ccccc1Cl)C(=O)CSCc1ccc(C)cc1. The van der Waals surface area contributed by atoms with Crippen LogP contribution in [0, 0.1) is 6.92 Å². The van der Waals surface area contributed by atoms with Crippen LogP contribution in [0.25, 0.3) is 0 Å². The van der Waals surface area contributed by atoms with Crippen molar-refractivity contribution in [2.24, 2.45) is 0 Å². The van der Waals surface area contributed by atoms with Crippen molar-refractivity contribution in [3.63, 3.8) is 0 Å². The lowest BCUT2D eigenvalue weighted by atomic mass is 10.1. The molecule has 2 amide bonds. The van der Waals surface area contributed by atoms with Crippen molar-refractivity contribution in [3.8, 4) is 0 Å². The molecule has 0 aromatic heterocycles. The van der Waals surface area contributed by atoms with Crippen LogP contribution in [0.15, 0.2) is 48.5 Å². The molecule has 0 unspecified atom stereocenters. The highest BCUT2D eigenvalue weighted by Gasteiger charge is 2.27. The number of thioether (sulfide) groups is 1. The number of nitrogens with zero attached hydrogens (tertiary/aromatic N) is 1. The molecule has 6 heteroatoms. The number of carbonyl (C=O) groups excluding carboxylic acids is 2. The van der Waals surface area contributed by atoms with E-state index in [9.17, 15) is 9.59 Å². The van der Waals surface area contributed by atoms with Gasteiger partial charge in [-0.1, -0.05) is 66.6 Å². The first-order chi connectivity index (χ1) is 14.3. The van der Waals surface area contributed by atoms with Crippen LogP contribution in [-0.4, -0.2) is 34.6 Å². The monoisotopic (exact) mass is 446 g/mol. The van der Waals surface area contributed by atoms with E-state index in [1.54, 1.807) is 29.7 Å². The summed E-state index contributed by atoms with van der Waals surface area (Å²) in [5.41, 5.74) is 3.23. The third kappa shape index (κ3) is 7.37. The van der Waals surface area contributed by atoms with Crippen molar-refractivity contribution in [3.05, 3.63) is 70.2 Å². The van der Waals surface area contributed by atoms with Crippen molar-refractivity contribution in [2.45, 2.75) is 58.5 Å². The van der Waals surface area contributed by atoms with E-state index in [0.717, 1.165) is 17.7 Å². The summed E-state index contributed by atoms with van der Waals surface area (Å²) >= 11 is 7.87. The maximum absolute atomic E-state index is 13.1. The van der Waals surface area contributed by atoms with Crippen molar-refractivity contribution < 1.29 is 9.59 Å². The Bertz CT molecular complexity index is 841. The van der Waals surface area contributed by atoms with E-state index in [1.165, 1.54) is 11.1 Å². The molecule has 0 spiro atoms. The molecule has 2 rings (SSSR count). The number of amides is 2. The van der Waals surface area contributed by atoms with Gasteiger partial charge < -0.3 is 10.2 Å². The van der Waals surface area contributed by atoms with Crippen LogP contribution in [0.5, 0.6) is 0 Å². The summed E-state index contributed by atoms with van der Waals surface area (Å²) in [4.78, 5) is 27.4. The molecule has 0 saturated heterocycles. The average molecular weight is 447 g/mol. The van der Waals surface area contributed by atoms with Gasteiger partial charge in [0.15, 0.2) is 0 Å². The fourth-order valence-electron chi connectivity index (χ4n) is 2.88. The van der Waals surface area contributed by atoms with Gasteiger partial charge in [-0.3, -0.25) is 9.59 Å². The molecule has 0 radical (unpaired) electrons. The fraction of sp³-hybridized carbons (Fsp3) is 0.417. The largest absolute Gasteiger partial charge is 0.352 e. The molecule has 162 valence electrons. The van der Waals surface area contributed by atoms with Crippen LogP contribution < -0.4 is 5.32 Å². The summed E-state index contributed by atoms with van der Waals surface area (Å²) in [5, 5.41) is 3.57. The van der Waals surface area contributed by atoms with E-state index in [-0.39, 0.29) is 17.9 Å². The Morgan fingerprint density at radius 2 is 1.77 bits per heavy atom. The van der Waals surface area contributed by atoms with Crippen molar-refractivity contribution in [1.29, 1.82) is 0 Å². The number of carbonyl (C=O) groups is 2. The van der Waals surface area contributed by atoms with Gasteiger partial charge in [-0.2, -0.15) is 0 Å². The highest BCUT2D eigenvalue weighted by Crippen LogP contribution is 2.20. The lowest BCUT2D eigenvalue weighted by Crippen LogP contribution is -2.50. The van der Waals surface area contributed by atoms with Gasteiger partial charge in [0.1, 0.15) is 6.04 Å². The Morgan fingerprint density at radius 3 is 2.40 bits per heavy atom. The first-order valence-corrected chi connectivity index (χ1v) is 11.8. The molecule has 0 aliphatic heterocycles. The summed E-state index contributed by atoms with van der Waals surface area (Å²) in [7, 11) is 0.